The second kappa shape index (κ2) is 10.1. The van der Waals surface area contributed by atoms with Gasteiger partial charge in [0.1, 0.15) is 11.6 Å². The van der Waals surface area contributed by atoms with E-state index in [4.69, 9.17) is 4.74 Å². The lowest BCUT2D eigenvalue weighted by Gasteiger charge is -2.33. The van der Waals surface area contributed by atoms with Crippen molar-refractivity contribution in [3.8, 4) is 5.75 Å². The summed E-state index contributed by atoms with van der Waals surface area (Å²) in [6.45, 7) is 0.817. The number of piperidine rings is 1. The number of amides is 3. The molecule has 1 aliphatic heterocycles. The van der Waals surface area contributed by atoms with Gasteiger partial charge in [-0.2, -0.15) is 0 Å². The summed E-state index contributed by atoms with van der Waals surface area (Å²) < 4.78 is 18.2. The lowest BCUT2D eigenvalue weighted by molar-refractivity contribution is -0.138. The van der Waals surface area contributed by atoms with Crippen LogP contribution in [0.4, 0.5) is 10.1 Å². The molecular formula is C23H26FN3O4. The summed E-state index contributed by atoms with van der Waals surface area (Å²) in [6.07, 6.45) is 1.04. The van der Waals surface area contributed by atoms with Crippen LogP contribution in [0, 0.1) is 11.7 Å². The first-order valence-corrected chi connectivity index (χ1v) is 10.1. The molecule has 3 amide bonds. The highest BCUT2D eigenvalue weighted by Gasteiger charge is 2.30. The molecule has 0 aliphatic carbocycles. The number of nitrogens with zero attached hydrogens (tertiary/aromatic N) is 2. The van der Waals surface area contributed by atoms with E-state index in [-0.39, 0.29) is 36.0 Å². The van der Waals surface area contributed by atoms with E-state index < -0.39 is 0 Å². The van der Waals surface area contributed by atoms with Crippen molar-refractivity contribution in [1.29, 1.82) is 0 Å². The van der Waals surface area contributed by atoms with Gasteiger partial charge in [0.2, 0.25) is 11.8 Å². The monoisotopic (exact) mass is 427 g/mol. The van der Waals surface area contributed by atoms with Crippen LogP contribution in [0.15, 0.2) is 48.5 Å². The number of ether oxygens (including phenoxy) is 1. The van der Waals surface area contributed by atoms with Crippen molar-refractivity contribution in [3.63, 3.8) is 0 Å². The molecule has 0 radical (unpaired) electrons. The Labute approximate surface area is 180 Å². The number of carbonyl (C=O) groups is 3. The molecule has 1 N–H and O–H groups in total. The molecule has 1 heterocycles. The SMILES string of the molecule is COc1cccc(NC(=O)CN(C)C(=O)C2CCN(C(=O)c3ccc(F)cc3)CC2)c1. The highest BCUT2D eigenvalue weighted by atomic mass is 19.1. The smallest absolute Gasteiger partial charge is 0.253 e. The summed E-state index contributed by atoms with van der Waals surface area (Å²) in [5.41, 5.74) is 1.02. The van der Waals surface area contributed by atoms with E-state index in [1.54, 1.807) is 43.3 Å². The van der Waals surface area contributed by atoms with Gasteiger partial charge in [0.15, 0.2) is 0 Å². The zero-order chi connectivity index (χ0) is 22.4. The van der Waals surface area contributed by atoms with Gasteiger partial charge in [-0.3, -0.25) is 14.4 Å². The molecule has 1 fully saturated rings. The minimum atomic E-state index is -0.390. The summed E-state index contributed by atoms with van der Waals surface area (Å²) in [5, 5.41) is 2.76. The van der Waals surface area contributed by atoms with Crippen molar-refractivity contribution in [1.82, 2.24) is 9.80 Å². The molecule has 1 saturated heterocycles. The van der Waals surface area contributed by atoms with Crippen molar-refractivity contribution in [2.45, 2.75) is 12.8 Å². The summed E-state index contributed by atoms with van der Waals surface area (Å²) >= 11 is 0. The van der Waals surface area contributed by atoms with Gasteiger partial charge in [0.05, 0.1) is 13.7 Å². The van der Waals surface area contributed by atoms with E-state index in [1.807, 2.05) is 0 Å². The molecule has 2 aromatic carbocycles. The predicted octanol–water partition coefficient (Wildman–Crippen LogP) is 2.78. The highest BCUT2D eigenvalue weighted by Crippen LogP contribution is 2.21. The van der Waals surface area contributed by atoms with Crippen molar-refractivity contribution >= 4 is 23.4 Å². The lowest BCUT2D eigenvalue weighted by Crippen LogP contribution is -2.45. The average molecular weight is 427 g/mol. The number of benzene rings is 2. The van der Waals surface area contributed by atoms with Gasteiger partial charge in [-0.05, 0) is 49.2 Å². The van der Waals surface area contributed by atoms with Crippen LogP contribution in [0.1, 0.15) is 23.2 Å². The summed E-state index contributed by atoms with van der Waals surface area (Å²) in [4.78, 5) is 40.7. The Balaban J connectivity index is 1.48. The number of likely N-dealkylation sites (tertiary alicyclic amines) is 1. The van der Waals surface area contributed by atoms with Crippen molar-refractivity contribution < 1.29 is 23.5 Å². The highest BCUT2D eigenvalue weighted by molar-refractivity contribution is 5.95. The van der Waals surface area contributed by atoms with Gasteiger partial charge in [-0.25, -0.2) is 4.39 Å². The summed E-state index contributed by atoms with van der Waals surface area (Å²) in [6, 6.07) is 12.4. The average Bonchev–Trinajstić information content (AvgIpc) is 2.78. The van der Waals surface area contributed by atoms with Crippen LogP contribution < -0.4 is 10.1 Å². The third-order valence-electron chi connectivity index (χ3n) is 5.33. The van der Waals surface area contributed by atoms with Crippen LogP contribution in [0.5, 0.6) is 5.75 Å². The first-order chi connectivity index (χ1) is 14.9. The Morgan fingerprint density at radius 1 is 1.13 bits per heavy atom. The van der Waals surface area contributed by atoms with E-state index in [2.05, 4.69) is 5.32 Å². The molecule has 0 unspecified atom stereocenters. The first kappa shape index (κ1) is 22.3. The fourth-order valence-electron chi connectivity index (χ4n) is 3.61. The Morgan fingerprint density at radius 2 is 1.81 bits per heavy atom. The van der Waals surface area contributed by atoms with E-state index in [1.165, 1.54) is 29.2 Å². The van der Waals surface area contributed by atoms with Gasteiger partial charge in [0, 0.05) is 43.4 Å². The second-order valence-electron chi connectivity index (χ2n) is 7.55. The standard InChI is InChI=1S/C23H26FN3O4/c1-26(15-21(28)25-19-4-3-5-20(14-19)31-2)22(29)17-10-12-27(13-11-17)23(30)16-6-8-18(24)9-7-16/h3-9,14,17H,10-13,15H2,1-2H3,(H,25,28). The second-order valence-corrected chi connectivity index (χ2v) is 7.55. The van der Waals surface area contributed by atoms with Crippen molar-refractivity contribution in [2.24, 2.45) is 5.92 Å². The molecule has 8 heteroatoms. The quantitative estimate of drug-likeness (QED) is 0.769. The van der Waals surface area contributed by atoms with E-state index in [0.717, 1.165) is 0 Å². The Hall–Kier alpha value is -3.42. The van der Waals surface area contributed by atoms with Crippen molar-refractivity contribution in [2.75, 3.05) is 39.1 Å². The molecule has 164 valence electrons. The Morgan fingerprint density at radius 3 is 2.45 bits per heavy atom. The molecule has 3 rings (SSSR count). The number of methoxy groups -OCH3 is 1. The number of carbonyl (C=O) groups excluding carboxylic acids is 3. The van der Waals surface area contributed by atoms with Gasteiger partial charge in [-0.15, -0.1) is 0 Å². The zero-order valence-corrected chi connectivity index (χ0v) is 17.6. The Kier molecular flexibility index (Phi) is 7.23. The first-order valence-electron chi connectivity index (χ1n) is 10.1. The van der Waals surface area contributed by atoms with Gasteiger partial charge in [-0.1, -0.05) is 6.07 Å². The fourth-order valence-corrected chi connectivity index (χ4v) is 3.61. The number of hydrogen-bond acceptors (Lipinski definition) is 4. The maximum Gasteiger partial charge on any atom is 0.253 e. The number of hydrogen-bond donors (Lipinski definition) is 1. The van der Waals surface area contributed by atoms with Crippen LogP contribution in [0.3, 0.4) is 0 Å². The number of likely N-dealkylation sites (N-methyl/N-ethyl adjacent to an activating group) is 1. The number of rotatable bonds is 6. The number of anilines is 1. The van der Waals surface area contributed by atoms with Crippen LogP contribution in [0.2, 0.25) is 0 Å². The van der Waals surface area contributed by atoms with Gasteiger partial charge >= 0.3 is 0 Å². The van der Waals surface area contributed by atoms with Crippen LogP contribution in [-0.4, -0.2) is 61.3 Å². The zero-order valence-electron chi connectivity index (χ0n) is 17.6. The minimum absolute atomic E-state index is 0.0647. The molecule has 0 saturated carbocycles. The summed E-state index contributed by atoms with van der Waals surface area (Å²) in [5.74, 6) is -0.588. The topological polar surface area (TPSA) is 79.0 Å². The molecule has 0 atom stereocenters. The van der Waals surface area contributed by atoms with E-state index >= 15 is 0 Å². The normalized spacial score (nSPS) is 14.1. The van der Waals surface area contributed by atoms with Gasteiger partial charge in [0.25, 0.3) is 5.91 Å². The Bertz CT molecular complexity index is 940. The molecule has 7 nitrogen and oxygen atoms in total. The summed E-state index contributed by atoms with van der Waals surface area (Å²) in [7, 11) is 3.15. The minimum Gasteiger partial charge on any atom is -0.497 e. The lowest BCUT2D eigenvalue weighted by atomic mass is 9.95. The van der Waals surface area contributed by atoms with Gasteiger partial charge < -0.3 is 19.9 Å². The molecule has 1 aliphatic rings. The molecule has 0 aromatic heterocycles. The molecule has 31 heavy (non-hydrogen) atoms. The van der Waals surface area contributed by atoms with E-state index in [9.17, 15) is 18.8 Å². The third kappa shape index (κ3) is 5.81. The number of nitrogens with one attached hydrogen (secondary N) is 1. The van der Waals surface area contributed by atoms with E-state index in [0.29, 0.717) is 42.9 Å². The van der Waals surface area contributed by atoms with Crippen LogP contribution >= 0.6 is 0 Å². The molecule has 2 aromatic rings. The van der Waals surface area contributed by atoms with Crippen molar-refractivity contribution in [3.05, 3.63) is 59.9 Å². The predicted molar refractivity (Wildman–Crippen MR) is 114 cm³/mol. The van der Waals surface area contributed by atoms with Crippen LogP contribution in [0.25, 0.3) is 0 Å². The third-order valence-corrected chi connectivity index (χ3v) is 5.33. The fraction of sp³-hybridized carbons (Fsp3) is 0.348. The largest absolute Gasteiger partial charge is 0.497 e. The maximum atomic E-state index is 13.1. The maximum absolute atomic E-state index is 13.1. The number of halogens is 1. The van der Waals surface area contributed by atoms with Crippen LogP contribution in [-0.2, 0) is 9.59 Å². The molecule has 0 spiro atoms. The molecular weight excluding hydrogens is 401 g/mol. The molecule has 0 bridgehead atoms.